The number of carbonyl (C=O) groups is 1. The molecule has 0 aliphatic heterocycles. The van der Waals surface area contributed by atoms with Gasteiger partial charge >= 0.3 is 5.97 Å². The van der Waals surface area contributed by atoms with Crippen LogP contribution >= 0.6 is 22.6 Å². The van der Waals surface area contributed by atoms with Crippen molar-refractivity contribution in [1.29, 1.82) is 0 Å². The first kappa shape index (κ1) is 13.0. The Bertz CT molecular complexity index is 661. The van der Waals surface area contributed by atoms with Crippen LogP contribution in [0.2, 0.25) is 0 Å². The first-order chi connectivity index (χ1) is 8.56. The first-order valence-electron chi connectivity index (χ1n) is 5.29. The maximum atomic E-state index is 12.1. The van der Waals surface area contributed by atoms with Crippen LogP contribution < -0.4 is 5.56 Å². The van der Waals surface area contributed by atoms with E-state index in [-0.39, 0.29) is 12.1 Å². The van der Waals surface area contributed by atoms with Gasteiger partial charge in [-0.3, -0.25) is 9.59 Å². The molecule has 2 aromatic heterocycles. The van der Waals surface area contributed by atoms with Crippen LogP contribution in [0.15, 0.2) is 10.9 Å². The monoisotopic (exact) mass is 362 g/mol. The van der Waals surface area contributed by atoms with Crippen molar-refractivity contribution in [3.63, 3.8) is 0 Å². The fourth-order valence-electron chi connectivity index (χ4n) is 1.58. The molecule has 0 aliphatic carbocycles. The zero-order chi connectivity index (χ0) is 13.3. The number of aryl methyl sites for hydroxylation is 1. The topological polar surface area (TPSA) is 78.5 Å². The maximum Gasteiger partial charge on any atom is 0.327 e. The van der Waals surface area contributed by atoms with E-state index >= 15 is 0 Å². The number of hydrogen-bond acceptors (Lipinski definition) is 5. The molecule has 0 spiro atoms. The third-order valence-electron chi connectivity index (χ3n) is 2.44. The van der Waals surface area contributed by atoms with Crippen molar-refractivity contribution >= 4 is 34.1 Å². The summed E-state index contributed by atoms with van der Waals surface area (Å²) in [6, 6.07) is 1.66. The van der Waals surface area contributed by atoms with Crippen molar-refractivity contribution in [2.45, 2.75) is 19.9 Å². The molecule has 0 saturated heterocycles. The van der Waals surface area contributed by atoms with E-state index in [0.717, 1.165) is 4.68 Å². The molecule has 7 nitrogen and oxygen atoms in total. The van der Waals surface area contributed by atoms with E-state index < -0.39 is 5.97 Å². The van der Waals surface area contributed by atoms with Crippen molar-refractivity contribution in [3.05, 3.63) is 25.9 Å². The van der Waals surface area contributed by atoms with Gasteiger partial charge in [0.1, 0.15) is 15.8 Å². The molecule has 2 heterocycles. The van der Waals surface area contributed by atoms with Gasteiger partial charge < -0.3 is 4.74 Å². The minimum absolute atomic E-state index is 0.194. The van der Waals surface area contributed by atoms with Gasteiger partial charge in [-0.1, -0.05) is 6.92 Å². The lowest BCUT2D eigenvalue weighted by molar-refractivity contribution is -0.141. The molecule has 0 N–H and O–H groups in total. The second kappa shape index (κ2) is 5.04. The molecule has 0 aliphatic rings. The zero-order valence-electron chi connectivity index (χ0n) is 9.88. The second-order valence-corrected chi connectivity index (χ2v) is 4.68. The van der Waals surface area contributed by atoms with Gasteiger partial charge in [-0.25, -0.2) is 9.20 Å². The minimum Gasteiger partial charge on any atom is -0.468 e. The lowest BCUT2D eigenvalue weighted by Crippen LogP contribution is -2.30. The number of aromatic nitrogens is 4. The fraction of sp³-hybridized carbons (Fsp3) is 0.400. The highest BCUT2D eigenvalue weighted by atomic mass is 127. The third-order valence-corrected chi connectivity index (χ3v) is 2.96. The maximum absolute atomic E-state index is 12.1. The Kier molecular flexibility index (Phi) is 3.64. The summed E-state index contributed by atoms with van der Waals surface area (Å²) in [5.74, 6) is 0.113. The van der Waals surface area contributed by atoms with Crippen LogP contribution in [-0.2, 0) is 22.5 Å². The third kappa shape index (κ3) is 2.24. The molecule has 2 aromatic rings. The molecule has 0 bridgehead atoms. The number of ether oxygens (including phenoxy) is 1. The largest absolute Gasteiger partial charge is 0.468 e. The first-order valence-corrected chi connectivity index (χ1v) is 6.36. The Labute approximate surface area is 116 Å². The van der Waals surface area contributed by atoms with Gasteiger partial charge in [0.15, 0.2) is 5.82 Å². The van der Waals surface area contributed by atoms with Gasteiger partial charge in [0.25, 0.3) is 5.56 Å². The highest BCUT2D eigenvalue weighted by molar-refractivity contribution is 14.1. The molecule has 96 valence electrons. The van der Waals surface area contributed by atoms with Crippen LogP contribution in [0.1, 0.15) is 12.7 Å². The van der Waals surface area contributed by atoms with Crippen LogP contribution in [0.3, 0.4) is 0 Å². The van der Waals surface area contributed by atoms with E-state index in [1.165, 1.54) is 11.6 Å². The number of rotatable bonds is 3. The normalized spacial score (nSPS) is 10.8. The average Bonchev–Trinajstić information content (AvgIpc) is 2.74. The summed E-state index contributed by atoms with van der Waals surface area (Å²) in [7, 11) is 1.27. The summed E-state index contributed by atoms with van der Waals surface area (Å²) in [5.41, 5.74) is 0.0585. The van der Waals surface area contributed by atoms with Gasteiger partial charge in [-0.15, -0.1) is 0 Å². The molecular formula is C10H11IN4O3. The molecule has 8 heteroatoms. The van der Waals surface area contributed by atoms with Crippen molar-refractivity contribution in [2.75, 3.05) is 7.11 Å². The van der Waals surface area contributed by atoms with Crippen LogP contribution in [0.4, 0.5) is 0 Å². The number of nitrogens with zero attached hydrogens (tertiary/aromatic N) is 4. The predicted molar refractivity (Wildman–Crippen MR) is 71.4 cm³/mol. The molecular weight excluding hydrogens is 351 g/mol. The Morgan fingerprint density at radius 3 is 2.83 bits per heavy atom. The standard InChI is InChI=1S/C10H11IN4O3/c1-3-8-13-14(5-9(16)18-2)10(17)6-4-7(11)12-15(6)8/h4H,3,5H2,1-2H3. The number of esters is 1. The summed E-state index contributed by atoms with van der Waals surface area (Å²) in [4.78, 5) is 23.3. The molecule has 0 saturated carbocycles. The Morgan fingerprint density at radius 1 is 1.50 bits per heavy atom. The van der Waals surface area contributed by atoms with E-state index in [9.17, 15) is 9.59 Å². The van der Waals surface area contributed by atoms with Gasteiger partial charge in [0, 0.05) is 12.5 Å². The summed E-state index contributed by atoms with van der Waals surface area (Å²) < 4.78 is 7.86. The summed E-state index contributed by atoms with van der Waals surface area (Å²) in [5, 5.41) is 8.32. The lowest BCUT2D eigenvalue weighted by Gasteiger charge is -2.06. The minimum atomic E-state index is -0.509. The quantitative estimate of drug-likeness (QED) is 0.577. The molecule has 0 amide bonds. The number of carbonyl (C=O) groups excluding carboxylic acids is 1. The predicted octanol–water partition coefficient (Wildman–Crippen LogP) is 0.231. The van der Waals surface area contributed by atoms with E-state index in [0.29, 0.717) is 21.5 Å². The highest BCUT2D eigenvalue weighted by Gasteiger charge is 2.14. The van der Waals surface area contributed by atoms with E-state index in [2.05, 4.69) is 14.9 Å². The van der Waals surface area contributed by atoms with Crippen molar-refractivity contribution in [3.8, 4) is 0 Å². The molecule has 0 aromatic carbocycles. The molecule has 0 unspecified atom stereocenters. The van der Waals surface area contributed by atoms with Crippen LogP contribution in [0, 0.1) is 3.70 Å². The van der Waals surface area contributed by atoms with Crippen molar-refractivity contribution in [2.24, 2.45) is 0 Å². The van der Waals surface area contributed by atoms with Gasteiger partial charge in [-0.05, 0) is 22.6 Å². The van der Waals surface area contributed by atoms with Crippen LogP contribution in [0.25, 0.3) is 5.52 Å². The Balaban J connectivity index is 2.65. The second-order valence-electron chi connectivity index (χ2n) is 3.57. The summed E-state index contributed by atoms with van der Waals surface area (Å²) in [6.07, 6.45) is 0.607. The zero-order valence-corrected chi connectivity index (χ0v) is 12.0. The van der Waals surface area contributed by atoms with Crippen molar-refractivity contribution < 1.29 is 9.53 Å². The van der Waals surface area contributed by atoms with Crippen LogP contribution in [-0.4, -0.2) is 32.5 Å². The van der Waals surface area contributed by atoms with E-state index in [1.807, 2.05) is 29.5 Å². The smallest absolute Gasteiger partial charge is 0.327 e. The molecule has 18 heavy (non-hydrogen) atoms. The number of hydrogen-bond donors (Lipinski definition) is 0. The van der Waals surface area contributed by atoms with Crippen LogP contribution in [0.5, 0.6) is 0 Å². The SMILES string of the molecule is CCc1nn(CC(=O)OC)c(=O)c2cc(I)nn12. The lowest BCUT2D eigenvalue weighted by atomic mass is 10.4. The van der Waals surface area contributed by atoms with E-state index in [1.54, 1.807) is 6.07 Å². The summed E-state index contributed by atoms with van der Waals surface area (Å²) >= 11 is 2.03. The van der Waals surface area contributed by atoms with Gasteiger partial charge in [0.2, 0.25) is 0 Å². The Morgan fingerprint density at radius 2 is 2.22 bits per heavy atom. The van der Waals surface area contributed by atoms with Gasteiger partial charge in [0.05, 0.1) is 7.11 Å². The molecule has 0 atom stereocenters. The fourth-order valence-corrected chi connectivity index (χ4v) is 2.09. The molecule has 0 fully saturated rings. The van der Waals surface area contributed by atoms with Crippen molar-refractivity contribution in [1.82, 2.24) is 19.4 Å². The van der Waals surface area contributed by atoms with E-state index in [4.69, 9.17) is 0 Å². The number of methoxy groups -OCH3 is 1. The molecule has 0 radical (unpaired) electrons. The summed E-state index contributed by atoms with van der Waals surface area (Å²) in [6.45, 7) is 1.71. The van der Waals surface area contributed by atoms with Gasteiger partial charge in [-0.2, -0.15) is 10.2 Å². The average molecular weight is 362 g/mol. The highest BCUT2D eigenvalue weighted by Crippen LogP contribution is 2.06. The number of fused-ring (bicyclic) bond motifs is 1. The Hall–Kier alpha value is -1.45. The number of halogens is 1. The molecule has 2 rings (SSSR count).